The molecule has 0 fully saturated rings. The number of carbonyl (C=O) groups excluding carboxylic acids is 1. The number of rotatable bonds is 4. The lowest BCUT2D eigenvalue weighted by Crippen LogP contribution is -2.22. The summed E-state index contributed by atoms with van der Waals surface area (Å²) in [7, 11) is -1.03. The van der Waals surface area contributed by atoms with Gasteiger partial charge in [-0.05, 0) is 61.4 Å². The average Bonchev–Trinajstić information content (AvgIpc) is 2.87. The molecule has 0 bridgehead atoms. The molecule has 0 aliphatic rings. The van der Waals surface area contributed by atoms with E-state index in [1.165, 1.54) is 16.6 Å². The number of carbonyl (C=O) groups is 1. The van der Waals surface area contributed by atoms with E-state index in [9.17, 15) is 9.00 Å². The third-order valence-electron chi connectivity index (χ3n) is 4.27. The lowest BCUT2D eigenvalue weighted by molar-refractivity contribution is 0.0951. The van der Waals surface area contributed by atoms with Crippen LogP contribution in [0.25, 0.3) is 10.9 Å². The summed E-state index contributed by atoms with van der Waals surface area (Å²) < 4.78 is 11.4. The van der Waals surface area contributed by atoms with Gasteiger partial charge in [0.2, 0.25) is 0 Å². The van der Waals surface area contributed by atoms with Crippen LogP contribution in [-0.2, 0) is 17.3 Å². The van der Waals surface area contributed by atoms with Crippen molar-refractivity contribution in [1.29, 1.82) is 0 Å². The van der Waals surface area contributed by atoms with Gasteiger partial charge in [0.1, 0.15) is 0 Å². The van der Waals surface area contributed by atoms with Crippen molar-refractivity contribution < 1.29 is 9.00 Å². The molecule has 2 N–H and O–H groups in total. The summed E-state index contributed by atoms with van der Waals surface area (Å²) in [5.41, 5.74) is 5.15. The molecule has 0 unspecified atom stereocenters. The smallest absolute Gasteiger partial charge is 0.251 e. The molecule has 3 rings (SSSR count). The van der Waals surface area contributed by atoms with E-state index in [1.54, 1.807) is 30.5 Å². The molecular formula is C19H20N2O2S. The molecule has 0 saturated heterocycles. The predicted molar refractivity (Wildman–Crippen MR) is 97.7 cm³/mol. The molecule has 0 saturated carbocycles. The van der Waals surface area contributed by atoms with Gasteiger partial charge in [-0.3, -0.25) is 9.00 Å². The molecule has 1 atom stereocenters. The van der Waals surface area contributed by atoms with E-state index in [0.717, 1.165) is 16.0 Å². The van der Waals surface area contributed by atoms with Gasteiger partial charge in [-0.15, -0.1) is 0 Å². The second kappa shape index (κ2) is 6.61. The lowest BCUT2D eigenvalue weighted by atomic mass is 10.1. The minimum atomic E-state index is -1.03. The number of hydrogen-bond donors (Lipinski definition) is 2. The summed E-state index contributed by atoms with van der Waals surface area (Å²) in [6.07, 6.45) is 1.62. The second-order valence-corrected chi connectivity index (χ2v) is 7.30. The van der Waals surface area contributed by atoms with Crippen LogP contribution in [0, 0.1) is 13.8 Å². The molecule has 1 amide bonds. The maximum atomic E-state index is 12.2. The Morgan fingerprint density at radius 2 is 1.83 bits per heavy atom. The van der Waals surface area contributed by atoms with Gasteiger partial charge in [0, 0.05) is 50.7 Å². The van der Waals surface area contributed by atoms with Gasteiger partial charge < -0.3 is 10.3 Å². The zero-order valence-corrected chi connectivity index (χ0v) is 14.8. The highest BCUT2D eigenvalue weighted by molar-refractivity contribution is 7.84. The Labute approximate surface area is 143 Å². The third-order valence-corrected chi connectivity index (χ3v) is 5.21. The van der Waals surface area contributed by atoms with Crippen LogP contribution in [-0.4, -0.2) is 21.4 Å². The van der Waals surface area contributed by atoms with Crippen LogP contribution < -0.4 is 5.32 Å². The number of H-pyrrole nitrogens is 1. The minimum Gasteiger partial charge on any atom is -0.358 e. The standard InChI is InChI=1S/C19H20N2O2S/c1-12-13(2)21-18-9-4-14(10-17(12)18)11-20-19(22)15-5-7-16(8-6-15)24(3)23/h4-10,21H,11H2,1-3H3,(H,20,22)/t24-/m1/s1. The van der Waals surface area contributed by atoms with Crippen molar-refractivity contribution in [2.24, 2.45) is 0 Å². The van der Waals surface area contributed by atoms with Crippen LogP contribution in [0.5, 0.6) is 0 Å². The summed E-state index contributed by atoms with van der Waals surface area (Å²) in [5, 5.41) is 4.12. The molecule has 24 heavy (non-hydrogen) atoms. The van der Waals surface area contributed by atoms with Crippen molar-refractivity contribution in [2.75, 3.05) is 6.26 Å². The number of nitrogens with one attached hydrogen (secondary N) is 2. The fourth-order valence-corrected chi connectivity index (χ4v) is 3.22. The van der Waals surface area contributed by atoms with Crippen molar-refractivity contribution >= 4 is 27.6 Å². The number of hydrogen-bond acceptors (Lipinski definition) is 2. The highest BCUT2D eigenvalue weighted by atomic mass is 32.2. The van der Waals surface area contributed by atoms with Crippen molar-refractivity contribution in [2.45, 2.75) is 25.3 Å². The Kier molecular flexibility index (Phi) is 4.53. The molecular weight excluding hydrogens is 320 g/mol. The summed E-state index contributed by atoms with van der Waals surface area (Å²) in [4.78, 5) is 16.3. The van der Waals surface area contributed by atoms with E-state index in [2.05, 4.69) is 30.2 Å². The maximum Gasteiger partial charge on any atom is 0.251 e. The van der Waals surface area contributed by atoms with E-state index in [0.29, 0.717) is 12.1 Å². The Bertz CT molecular complexity index is 926. The lowest BCUT2D eigenvalue weighted by Gasteiger charge is -2.06. The average molecular weight is 340 g/mol. The number of aryl methyl sites for hydroxylation is 2. The van der Waals surface area contributed by atoms with Crippen LogP contribution in [0.3, 0.4) is 0 Å². The van der Waals surface area contributed by atoms with Crippen molar-refractivity contribution in [3.63, 3.8) is 0 Å². The Hall–Kier alpha value is -2.40. The summed E-state index contributed by atoms with van der Waals surface area (Å²) >= 11 is 0. The van der Waals surface area contributed by atoms with Gasteiger partial charge in [-0.1, -0.05) is 6.07 Å². The van der Waals surface area contributed by atoms with Gasteiger partial charge in [-0.25, -0.2) is 0 Å². The zero-order valence-electron chi connectivity index (χ0n) is 14.0. The molecule has 0 aliphatic heterocycles. The number of benzene rings is 2. The van der Waals surface area contributed by atoms with Gasteiger partial charge in [0.15, 0.2) is 0 Å². The van der Waals surface area contributed by atoms with E-state index >= 15 is 0 Å². The van der Waals surface area contributed by atoms with Crippen LogP contribution in [0.4, 0.5) is 0 Å². The molecule has 124 valence electrons. The van der Waals surface area contributed by atoms with Crippen LogP contribution in [0.2, 0.25) is 0 Å². The normalized spacial score (nSPS) is 12.3. The first-order valence-corrected chi connectivity index (χ1v) is 9.31. The highest BCUT2D eigenvalue weighted by Crippen LogP contribution is 2.22. The first kappa shape index (κ1) is 16.5. The van der Waals surface area contributed by atoms with E-state index < -0.39 is 10.8 Å². The van der Waals surface area contributed by atoms with E-state index in [-0.39, 0.29) is 5.91 Å². The molecule has 2 aromatic carbocycles. The maximum absolute atomic E-state index is 12.2. The first-order valence-electron chi connectivity index (χ1n) is 7.75. The van der Waals surface area contributed by atoms with E-state index in [4.69, 9.17) is 0 Å². The van der Waals surface area contributed by atoms with Gasteiger partial charge in [-0.2, -0.15) is 0 Å². The predicted octanol–water partition coefficient (Wildman–Crippen LogP) is 3.45. The Morgan fingerprint density at radius 3 is 2.50 bits per heavy atom. The first-order chi connectivity index (χ1) is 11.5. The van der Waals surface area contributed by atoms with E-state index in [1.807, 2.05) is 12.1 Å². The Morgan fingerprint density at radius 1 is 1.12 bits per heavy atom. The SMILES string of the molecule is Cc1[nH]c2ccc(CNC(=O)c3ccc([S@@](C)=O)cc3)cc2c1C. The quantitative estimate of drug-likeness (QED) is 0.764. The fraction of sp³-hybridized carbons (Fsp3) is 0.211. The zero-order chi connectivity index (χ0) is 17.3. The summed E-state index contributed by atoms with van der Waals surface area (Å²) in [5.74, 6) is -0.134. The van der Waals surface area contributed by atoms with Gasteiger partial charge >= 0.3 is 0 Å². The summed E-state index contributed by atoms with van der Waals surface area (Å²) in [6.45, 7) is 4.62. The molecule has 0 aliphatic carbocycles. The Balaban J connectivity index is 1.71. The van der Waals surface area contributed by atoms with Gasteiger partial charge in [0.25, 0.3) is 5.91 Å². The van der Waals surface area contributed by atoms with Crippen LogP contribution in [0.15, 0.2) is 47.4 Å². The van der Waals surface area contributed by atoms with Crippen molar-refractivity contribution in [3.8, 4) is 0 Å². The van der Waals surface area contributed by atoms with Crippen LogP contribution >= 0.6 is 0 Å². The van der Waals surface area contributed by atoms with Crippen molar-refractivity contribution in [1.82, 2.24) is 10.3 Å². The molecule has 0 radical (unpaired) electrons. The third kappa shape index (κ3) is 3.26. The largest absolute Gasteiger partial charge is 0.358 e. The minimum absolute atomic E-state index is 0.134. The highest BCUT2D eigenvalue weighted by Gasteiger charge is 2.08. The monoisotopic (exact) mass is 340 g/mol. The number of fused-ring (bicyclic) bond motifs is 1. The summed E-state index contributed by atoms with van der Waals surface area (Å²) in [6, 6.07) is 13.0. The molecule has 1 heterocycles. The van der Waals surface area contributed by atoms with Crippen molar-refractivity contribution in [3.05, 3.63) is 64.8 Å². The molecule has 3 aromatic rings. The molecule has 1 aromatic heterocycles. The second-order valence-electron chi connectivity index (χ2n) is 5.92. The fourth-order valence-electron chi connectivity index (χ4n) is 2.70. The van der Waals surface area contributed by atoms with Gasteiger partial charge in [0.05, 0.1) is 0 Å². The molecule has 4 nitrogen and oxygen atoms in total. The number of aromatic nitrogens is 1. The number of aromatic amines is 1. The number of amides is 1. The van der Waals surface area contributed by atoms with Crippen LogP contribution in [0.1, 0.15) is 27.2 Å². The molecule has 5 heteroatoms. The molecule has 0 spiro atoms. The topological polar surface area (TPSA) is 62.0 Å².